The smallest absolute Gasteiger partial charge is 0.0804 e. The van der Waals surface area contributed by atoms with E-state index in [1.165, 1.54) is 4.88 Å². The molecule has 54 valence electrons. The number of hydrogen-bond acceptors (Lipinski definition) is 2. The van der Waals surface area contributed by atoms with Crippen molar-refractivity contribution in [3.05, 3.63) is 20.3 Å². The number of halogens is 1. The van der Waals surface area contributed by atoms with E-state index < -0.39 is 0 Å². The van der Waals surface area contributed by atoms with Gasteiger partial charge in [0.25, 0.3) is 0 Å². The molecule has 1 aromatic heterocycles. The summed E-state index contributed by atoms with van der Waals surface area (Å²) in [6.07, 6.45) is 1.76. The van der Waals surface area contributed by atoms with Crippen molar-refractivity contribution in [2.75, 3.05) is 0 Å². The fourth-order valence-electron chi connectivity index (χ4n) is 1.31. The summed E-state index contributed by atoms with van der Waals surface area (Å²) in [5, 5.41) is 9.38. The Morgan fingerprint density at radius 2 is 2.50 bits per heavy atom. The number of thiophene rings is 1. The van der Waals surface area contributed by atoms with Gasteiger partial charge in [-0.3, -0.25) is 0 Å². The van der Waals surface area contributed by atoms with Gasteiger partial charge in [0, 0.05) is 4.88 Å². The van der Waals surface area contributed by atoms with Crippen molar-refractivity contribution in [2.45, 2.75) is 18.9 Å². The van der Waals surface area contributed by atoms with Gasteiger partial charge in [-0.15, -0.1) is 11.3 Å². The number of aryl methyl sites for hydroxylation is 1. The van der Waals surface area contributed by atoms with Crippen LogP contribution >= 0.6 is 27.3 Å². The zero-order chi connectivity index (χ0) is 7.14. The molecule has 0 saturated carbocycles. The highest BCUT2D eigenvalue weighted by Crippen LogP contribution is 2.39. The molecule has 0 aliphatic heterocycles. The second-order valence-electron chi connectivity index (χ2n) is 2.48. The van der Waals surface area contributed by atoms with E-state index in [-0.39, 0.29) is 6.10 Å². The molecule has 0 saturated heterocycles. The molecular weight excluding hydrogens is 212 g/mol. The molecule has 0 fully saturated rings. The van der Waals surface area contributed by atoms with Crippen LogP contribution in [0.4, 0.5) is 0 Å². The van der Waals surface area contributed by atoms with E-state index in [9.17, 15) is 5.11 Å². The first-order valence-corrected chi connectivity index (χ1v) is 4.84. The second-order valence-corrected chi connectivity index (χ2v) is 5.00. The number of aliphatic hydroxyl groups excluding tert-OH is 1. The van der Waals surface area contributed by atoms with Crippen molar-refractivity contribution in [1.29, 1.82) is 0 Å². The summed E-state index contributed by atoms with van der Waals surface area (Å²) in [6.45, 7) is 0. The summed E-state index contributed by atoms with van der Waals surface area (Å²) in [5.74, 6) is 0. The number of hydrogen-bond donors (Lipinski definition) is 1. The minimum Gasteiger partial charge on any atom is -0.388 e. The zero-order valence-electron chi connectivity index (χ0n) is 5.30. The molecule has 1 nitrogen and oxygen atoms in total. The number of aliphatic hydroxyl groups is 1. The molecule has 10 heavy (non-hydrogen) atoms. The predicted molar refractivity (Wildman–Crippen MR) is 45.3 cm³/mol. The van der Waals surface area contributed by atoms with Gasteiger partial charge >= 0.3 is 0 Å². The maximum absolute atomic E-state index is 9.38. The molecule has 1 aliphatic rings. The molecule has 1 atom stereocenters. The van der Waals surface area contributed by atoms with E-state index in [1.54, 1.807) is 11.3 Å². The summed E-state index contributed by atoms with van der Waals surface area (Å²) in [7, 11) is 0. The van der Waals surface area contributed by atoms with Crippen molar-refractivity contribution >= 4 is 27.3 Å². The van der Waals surface area contributed by atoms with Gasteiger partial charge in [0.1, 0.15) is 0 Å². The number of rotatable bonds is 0. The molecule has 1 aliphatic carbocycles. The zero-order valence-corrected chi connectivity index (χ0v) is 7.70. The van der Waals surface area contributed by atoms with Crippen LogP contribution in [0.3, 0.4) is 0 Å². The van der Waals surface area contributed by atoms with Crippen molar-refractivity contribution < 1.29 is 5.11 Å². The Kier molecular flexibility index (Phi) is 1.59. The molecule has 0 spiro atoms. The maximum Gasteiger partial charge on any atom is 0.0804 e. The first-order valence-electron chi connectivity index (χ1n) is 3.23. The van der Waals surface area contributed by atoms with Gasteiger partial charge < -0.3 is 5.11 Å². The van der Waals surface area contributed by atoms with Gasteiger partial charge in [0.2, 0.25) is 0 Å². The summed E-state index contributed by atoms with van der Waals surface area (Å²) in [5.41, 5.74) is 1.14. The summed E-state index contributed by atoms with van der Waals surface area (Å²) >= 11 is 5.13. The number of fused-ring (bicyclic) bond motifs is 1. The Labute approximate surface area is 71.8 Å². The van der Waals surface area contributed by atoms with Crippen LogP contribution in [0.15, 0.2) is 9.85 Å². The van der Waals surface area contributed by atoms with Gasteiger partial charge in [0.15, 0.2) is 0 Å². The normalized spacial score (nSPS) is 23.2. The first kappa shape index (κ1) is 6.83. The lowest BCUT2D eigenvalue weighted by atomic mass is 10.2. The van der Waals surface area contributed by atoms with Gasteiger partial charge in [-0.1, -0.05) is 0 Å². The Morgan fingerprint density at radius 1 is 1.70 bits per heavy atom. The van der Waals surface area contributed by atoms with Crippen LogP contribution in [-0.2, 0) is 6.42 Å². The van der Waals surface area contributed by atoms with E-state index in [0.29, 0.717) is 0 Å². The molecule has 0 amide bonds. The quantitative estimate of drug-likeness (QED) is 0.710. The summed E-state index contributed by atoms with van der Waals surface area (Å²) in [4.78, 5) is 1.35. The highest BCUT2D eigenvalue weighted by atomic mass is 79.9. The predicted octanol–water partition coefficient (Wildman–Crippen LogP) is 2.49. The fourth-order valence-corrected chi connectivity index (χ4v) is 3.10. The third-order valence-electron chi connectivity index (χ3n) is 1.82. The average Bonchev–Trinajstić information content (AvgIpc) is 2.35. The monoisotopic (exact) mass is 218 g/mol. The van der Waals surface area contributed by atoms with Crippen molar-refractivity contribution in [1.82, 2.24) is 0 Å². The van der Waals surface area contributed by atoms with Crippen LogP contribution in [0.1, 0.15) is 23.0 Å². The van der Waals surface area contributed by atoms with Crippen LogP contribution < -0.4 is 0 Å². The third kappa shape index (κ3) is 0.929. The fraction of sp³-hybridized carbons (Fsp3) is 0.429. The first-order chi connectivity index (χ1) is 4.77. The van der Waals surface area contributed by atoms with E-state index in [4.69, 9.17) is 0 Å². The molecule has 0 aromatic carbocycles. The Bertz CT molecular complexity index is 256. The lowest BCUT2D eigenvalue weighted by Crippen LogP contribution is -1.86. The van der Waals surface area contributed by atoms with Crippen LogP contribution in [0.2, 0.25) is 0 Å². The third-order valence-corrected chi connectivity index (χ3v) is 3.53. The molecular formula is C7H7BrOS. The van der Waals surface area contributed by atoms with E-state index in [0.717, 1.165) is 22.2 Å². The van der Waals surface area contributed by atoms with Gasteiger partial charge in [-0.25, -0.2) is 0 Å². The molecule has 0 bridgehead atoms. The van der Waals surface area contributed by atoms with Gasteiger partial charge in [0.05, 0.1) is 9.89 Å². The molecule has 1 heterocycles. The van der Waals surface area contributed by atoms with Gasteiger partial charge in [-0.05, 0) is 40.4 Å². The highest BCUT2D eigenvalue weighted by molar-refractivity contribution is 9.11. The lowest BCUT2D eigenvalue weighted by Gasteiger charge is -1.96. The molecule has 3 heteroatoms. The summed E-state index contributed by atoms with van der Waals surface area (Å²) < 4.78 is 1.14. The second kappa shape index (κ2) is 2.32. The Hall–Kier alpha value is 0.140. The Morgan fingerprint density at radius 3 is 3.20 bits per heavy atom. The van der Waals surface area contributed by atoms with Crippen LogP contribution in [0.25, 0.3) is 0 Å². The van der Waals surface area contributed by atoms with Gasteiger partial charge in [-0.2, -0.15) is 0 Å². The van der Waals surface area contributed by atoms with E-state index in [1.807, 2.05) is 6.07 Å². The Balaban J connectivity index is 2.49. The van der Waals surface area contributed by atoms with Crippen LogP contribution in [0.5, 0.6) is 0 Å². The minimum atomic E-state index is -0.197. The average molecular weight is 219 g/mol. The standard InChI is InChI=1S/C7H7BrOS/c8-7-3-4-5(9)1-2-6(4)10-7/h3,5,9H,1-2H2. The lowest BCUT2D eigenvalue weighted by molar-refractivity contribution is 0.180. The largest absolute Gasteiger partial charge is 0.388 e. The topological polar surface area (TPSA) is 20.2 Å². The van der Waals surface area contributed by atoms with Crippen LogP contribution in [0, 0.1) is 0 Å². The van der Waals surface area contributed by atoms with E-state index >= 15 is 0 Å². The molecule has 1 N–H and O–H groups in total. The summed E-state index contributed by atoms with van der Waals surface area (Å²) in [6, 6.07) is 2.03. The van der Waals surface area contributed by atoms with E-state index in [2.05, 4.69) is 15.9 Å². The van der Waals surface area contributed by atoms with Crippen LogP contribution in [-0.4, -0.2) is 5.11 Å². The highest BCUT2D eigenvalue weighted by Gasteiger charge is 2.22. The molecule has 1 aromatic rings. The minimum absolute atomic E-state index is 0.197. The van der Waals surface area contributed by atoms with Crippen molar-refractivity contribution in [2.24, 2.45) is 0 Å². The molecule has 0 radical (unpaired) electrons. The van der Waals surface area contributed by atoms with Crippen molar-refractivity contribution in [3.8, 4) is 0 Å². The maximum atomic E-state index is 9.38. The SMILES string of the molecule is OC1CCc2sc(Br)cc21. The molecule has 2 rings (SSSR count). The van der Waals surface area contributed by atoms with Crippen molar-refractivity contribution in [3.63, 3.8) is 0 Å². The molecule has 1 unspecified atom stereocenters.